The van der Waals surface area contributed by atoms with E-state index in [0.717, 1.165) is 0 Å². The Balaban J connectivity index is 0.000000359. The summed E-state index contributed by atoms with van der Waals surface area (Å²) in [7, 11) is 0. The molecular weight excluding hydrogens is 419 g/mol. The van der Waals surface area contributed by atoms with Crippen molar-refractivity contribution in [2.45, 2.75) is 6.04 Å². The van der Waals surface area contributed by atoms with Crippen LogP contribution in [0.5, 0.6) is 0 Å². The highest BCUT2D eigenvalue weighted by atomic mass is 35.5. The highest BCUT2D eigenvalue weighted by Gasteiger charge is 2.21. The maximum absolute atomic E-state index is 11.4. The number of aliphatic carboxylic acids is 1. The first kappa shape index (κ1) is 25.2. The lowest BCUT2D eigenvalue weighted by atomic mass is 10.1. The molecule has 9 heteroatoms. The molecular formula is C20H26Cl2N2O5. The standard InChI is InChI=1S/C14H11Cl2NO2.C6H15NO3/c15-10-7-4-8-11(16)13(10)17-12(14(18)19)9-5-2-1-3-6-9;8-4-1-7(2-5-9)3-6-10/h1-8,12,17H,(H,18,19);8-10H,1-6H2. The van der Waals surface area contributed by atoms with Crippen LogP contribution in [-0.4, -0.2) is 70.8 Å². The van der Waals surface area contributed by atoms with Crippen molar-refractivity contribution < 1.29 is 25.2 Å². The Morgan fingerprint density at radius 3 is 1.76 bits per heavy atom. The number of para-hydroxylation sites is 1. The molecule has 0 aromatic heterocycles. The van der Waals surface area contributed by atoms with Gasteiger partial charge in [-0.3, -0.25) is 4.90 Å². The van der Waals surface area contributed by atoms with Gasteiger partial charge in [-0.1, -0.05) is 59.6 Å². The van der Waals surface area contributed by atoms with Gasteiger partial charge in [0.1, 0.15) is 0 Å². The first-order chi connectivity index (χ1) is 13.9. The van der Waals surface area contributed by atoms with Gasteiger partial charge in [0.25, 0.3) is 0 Å². The van der Waals surface area contributed by atoms with E-state index in [9.17, 15) is 9.90 Å². The van der Waals surface area contributed by atoms with Gasteiger partial charge in [-0.05, 0) is 17.7 Å². The number of nitrogens with zero attached hydrogens (tertiary/aromatic N) is 1. The average molecular weight is 445 g/mol. The van der Waals surface area contributed by atoms with Crippen LogP contribution in [0.25, 0.3) is 0 Å². The summed E-state index contributed by atoms with van der Waals surface area (Å²) in [6.45, 7) is 1.75. The Morgan fingerprint density at radius 2 is 1.34 bits per heavy atom. The molecule has 0 aliphatic heterocycles. The quantitative estimate of drug-likeness (QED) is 0.382. The molecule has 29 heavy (non-hydrogen) atoms. The molecule has 0 radical (unpaired) electrons. The number of aliphatic hydroxyl groups excluding tert-OH is 3. The molecule has 0 fully saturated rings. The molecule has 0 spiro atoms. The number of nitrogens with one attached hydrogen (secondary N) is 1. The normalized spacial score (nSPS) is 11.5. The van der Waals surface area contributed by atoms with Crippen LogP contribution in [0, 0.1) is 0 Å². The van der Waals surface area contributed by atoms with Crippen LogP contribution in [0.2, 0.25) is 10.0 Å². The minimum absolute atomic E-state index is 0.0694. The van der Waals surface area contributed by atoms with Crippen molar-refractivity contribution >= 4 is 34.9 Å². The summed E-state index contributed by atoms with van der Waals surface area (Å²) >= 11 is 12.1. The highest BCUT2D eigenvalue weighted by Crippen LogP contribution is 2.33. The minimum Gasteiger partial charge on any atom is -0.479 e. The summed E-state index contributed by atoms with van der Waals surface area (Å²) in [5.41, 5.74) is 1.05. The summed E-state index contributed by atoms with van der Waals surface area (Å²) in [5.74, 6) is -0.998. The van der Waals surface area contributed by atoms with Gasteiger partial charge >= 0.3 is 5.97 Å². The fourth-order valence-corrected chi connectivity index (χ4v) is 2.98. The van der Waals surface area contributed by atoms with E-state index in [2.05, 4.69) is 5.32 Å². The second-order valence-electron chi connectivity index (χ2n) is 5.94. The third-order valence-corrected chi connectivity index (χ3v) is 4.51. The largest absolute Gasteiger partial charge is 0.479 e. The zero-order valence-corrected chi connectivity index (χ0v) is 17.4. The van der Waals surface area contributed by atoms with Gasteiger partial charge in [0.15, 0.2) is 6.04 Å². The molecule has 1 unspecified atom stereocenters. The zero-order chi connectivity index (χ0) is 21.6. The van der Waals surface area contributed by atoms with Crippen molar-refractivity contribution in [2.75, 3.05) is 44.8 Å². The molecule has 0 amide bonds. The molecule has 5 N–H and O–H groups in total. The van der Waals surface area contributed by atoms with Gasteiger partial charge in [0.05, 0.1) is 35.6 Å². The van der Waals surface area contributed by atoms with E-state index in [-0.39, 0.29) is 19.8 Å². The number of rotatable bonds is 10. The van der Waals surface area contributed by atoms with Crippen molar-refractivity contribution in [2.24, 2.45) is 0 Å². The molecule has 160 valence electrons. The summed E-state index contributed by atoms with van der Waals surface area (Å²) in [4.78, 5) is 13.2. The average Bonchev–Trinajstić information content (AvgIpc) is 2.69. The number of carboxylic acids is 1. The van der Waals surface area contributed by atoms with Crippen LogP contribution in [0.3, 0.4) is 0 Å². The third-order valence-electron chi connectivity index (χ3n) is 3.88. The fraction of sp³-hybridized carbons (Fsp3) is 0.350. The molecule has 0 aliphatic rings. The number of hydrogen-bond donors (Lipinski definition) is 5. The van der Waals surface area contributed by atoms with E-state index in [1.807, 2.05) is 6.07 Å². The van der Waals surface area contributed by atoms with Gasteiger partial charge in [0.2, 0.25) is 0 Å². The zero-order valence-electron chi connectivity index (χ0n) is 15.8. The lowest BCUT2D eigenvalue weighted by molar-refractivity contribution is -0.138. The van der Waals surface area contributed by atoms with Crippen molar-refractivity contribution in [3.63, 3.8) is 0 Å². The first-order valence-corrected chi connectivity index (χ1v) is 9.73. The number of carbonyl (C=O) groups is 1. The Hall–Kier alpha value is -1.87. The predicted octanol–water partition coefficient (Wildman–Crippen LogP) is 2.50. The van der Waals surface area contributed by atoms with Crippen molar-refractivity contribution in [3.05, 3.63) is 64.1 Å². The summed E-state index contributed by atoms with van der Waals surface area (Å²) in [6, 6.07) is 13.0. The molecule has 0 saturated heterocycles. The second kappa shape index (κ2) is 14.2. The number of hydrogen-bond acceptors (Lipinski definition) is 6. The smallest absolute Gasteiger partial charge is 0.330 e. The first-order valence-electron chi connectivity index (χ1n) is 8.97. The topological polar surface area (TPSA) is 113 Å². The molecule has 2 aromatic carbocycles. The molecule has 0 heterocycles. The Bertz CT molecular complexity index is 700. The van der Waals surface area contributed by atoms with Gasteiger partial charge in [-0.2, -0.15) is 0 Å². The second-order valence-corrected chi connectivity index (χ2v) is 6.75. The molecule has 1 atom stereocenters. The monoisotopic (exact) mass is 444 g/mol. The molecule has 0 saturated carbocycles. The van der Waals surface area contributed by atoms with Crippen molar-refractivity contribution in [1.82, 2.24) is 4.90 Å². The van der Waals surface area contributed by atoms with E-state index in [4.69, 9.17) is 38.5 Å². The van der Waals surface area contributed by atoms with Gasteiger partial charge in [-0.25, -0.2) is 4.79 Å². The van der Waals surface area contributed by atoms with Crippen molar-refractivity contribution in [1.29, 1.82) is 0 Å². The van der Waals surface area contributed by atoms with Gasteiger partial charge in [-0.15, -0.1) is 0 Å². The van der Waals surface area contributed by atoms with Crippen LogP contribution in [0.1, 0.15) is 11.6 Å². The SMILES string of the molecule is O=C(O)C(Nc1c(Cl)cccc1Cl)c1ccccc1.OCCN(CCO)CCO. The summed E-state index contributed by atoms with van der Waals surface area (Å²) < 4.78 is 0. The maximum atomic E-state index is 11.4. The van der Waals surface area contributed by atoms with E-state index in [1.54, 1.807) is 47.4 Å². The van der Waals surface area contributed by atoms with E-state index < -0.39 is 12.0 Å². The number of benzene rings is 2. The van der Waals surface area contributed by atoms with Crippen LogP contribution < -0.4 is 5.32 Å². The van der Waals surface area contributed by atoms with E-state index in [1.165, 1.54) is 0 Å². The van der Waals surface area contributed by atoms with E-state index >= 15 is 0 Å². The van der Waals surface area contributed by atoms with Crippen LogP contribution in [0.15, 0.2) is 48.5 Å². The number of anilines is 1. The lowest BCUT2D eigenvalue weighted by Gasteiger charge is -2.18. The lowest BCUT2D eigenvalue weighted by Crippen LogP contribution is -2.32. The Morgan fingerprint density at radius 1 is 0.862 bits per heavy atom. The Labute approximate surface area is 180 Å². The number of carboxylic acid groups (broad SMARTS) is 1. The third kappa shape index (κ3) is 8.99. The summed E-state index contributed by atoms with van der Waals surface area (Å²) in [6.07, 6.45) is 0. The molecule has 0 aliphatic carbocycles. The summed E-state index contributed by atoms with van der Waals surface area (Å²) in [5, 5.41) is 38.4. The number of aliphatic hydroxyl groups is 3. The fourth-order valence-electron chi connectivity index (χ4n) is 2.47. The Kier molecular flexibility index (Phi) is 12.3. The maximum Gasteiger partial charge on any atom is 0.330 e. The van der Waals surface area contributed by atoms with Gasteiger partial charge < -0.3 is 25.7 Å². The van der Waals surface area contributed by atoms with E-state index in [0.29, 0.717) is 40.9 Å². The molecule has 2 aromatic rings. The van der Waals surface area contributed by atoms with Gasteiger partial charge in [0, 0.05) is 19.6 Å². The molecule has 0 bridgehead atoms. The predicted molar refractivity (Wildman–Crippen MR) is 115 cm³/mol. The van der Waals surface area contributed by atoms with Crippen LogP contribution in [-0.2, 0) is 4.79 Å². The van der Waals surface area contributed by atoms with Crippen molar-refractivity contribution in [3.8, 4) is 0 Å². The molecule has 7 nitrogen and oxygen atoms in total. The highest BCUT2D eigenvalue weighted by molar-refractivity contribution is 6.39. The number of halogens is 2. The minimum atomic E-state index is -0.998. The van der Waals surface area contributed by atoms with Crippen LogP contribution in [0.4, 0.5) is 5.69 Å². The van der Waals surface area contributed by atoms with Crippen LogP contribution >= 0.6 is 23.2 Å². The molecule has 2 rings (SSSR count).